The molecule has 0 saturated carbocycles. The van der Waals surface area contributed by atoms with Crippen LogP contribution in [0.1, 0.15) is 12.5 Å². The SMILES string of the molecule is COc1nn(-c2ccc(F)c(NC(C)=O)c2)c(=O)n(Cc2ccc(N(C)C)c(F)c2)c1=O. The smallest absolute Gasteiger partial charge is 0.352 e. The van der Waals surface area contributed by atoms with Crippen LogP contribution in [0.15, 0.2) is 46.0 Å². The number of ether oxygens (including phenoxy) is 1. The molecule has 0 unspecified atom stereocenters. The summed E-state index contributed by atoms with van der Waals surface area (Å²) in [7, 11) is 4.58. The molecule has 1 heterocycles. The number of methoxy groups -OCH3 is 1. The monoisotopic (exact) mass is 445 g/mol. The number of carbonyl (C=O) groups excluding carboxylic acids is 1. The molecule has 0 bridgehead atoms. The van der Waals surface area contributed by atoms with Crippen molar-refractivity contribution in [2.75, 3.05) is 31.4 Å². The molecule has 168 valence electrons. The van der Waals surface area contributed by atoms with Crippen LogP contribution in [0.3, 0.4) is 0 Å². The molecular weight excluding hydrogens is 424 g/mol. The van der Waals surface area contributed by atoms with Gasteiger partial charge in [0.2, 0.25) is 5.91 Å². The summed E-state index contributed by atoms with van der Waals surface area (Å²) in [5.41, 5.74) is -1.03. The summed E-state index contributed by atoms with van der Waals surface area (Å²) in [5.74, 6) is -2.12. The van der Waals surface area contributed by atoms with E-state index in [4.69, 9.17) is 4.74 Å². The predicted octanol–water partition coefficient (Wildman–Crippen LogP) is 1.75. The van der Waals surface area contributed by atoms with E-state index < -0.39 is 28.8 Å². The summed E-state index contributed by atoms with van der Waals surface area (Å²) < 4.78 is 35.0. The normalized spacial score (nSPS) is 10.7. The molecule has 0 saturated heterocycles. The van der Waals surface area contributed by atoms with Gasteiger partial charge in [-0.25, -0.2) is 18.1 Å². The minimum atomic E-state index is -0.853. The van der Waals surface area contributed by atoms with E-state index in [9.17, 15) is 23.2 Å². The van der Waals surface area contributed by atoms with Crippen molar-refractivity contribution in [3.05, 3.63) is 74.4 Å². The van der Waals surface area contributed by atoms with Gasteiger partial charge in [0.05, 0.1) is 30.7 Å². The molecule has 1 amide bonds. The first-order valence-electron chi connectivity index (χ1n) is 9.43. The van der Waals surface area contributed by atoms with Gasteiger partial charge in [0.15, 0.2) is 0 Å². The highest BCUT2D eigenvalue weighted by Crippen LogP contribution is 2.20. The summed E-state index contributed by atoms with van der Waals surface area (Å²) in [6.45, 7) is 0.960. The molecule has 0 aliphatic carbocycles. The molecule has 9 nitrogen and oxygen atoms in total. The average Bonchev–Trinajstić information content (AvgIpc) is 2.72. The van der Waals surface area contributed by atoms with Crippen LogP contribution in [0, 0.1) is 11.6 Å². The molecule has 3 aromatic rings. The lowest BCUT2D eigenvalue weighted by molar-refractivity contribution is -0.114. The van der Waals surface area contributed by atoms with E-state index in [0.29, 0.717) is 11.3 Å². The Morgan fingerprint density at radius 3 is 2.44 bits per heavy atom. The highest BCUT2D eigenvalue weighted by Gasteiger charge is 2.17. The van der Waals surface area contributed by atoms with Crippen LogP contribution in [0.4, 0.5) is 20.2 Å². The molecule has 32 heavy (non-hydrogen) atoms. The van der Waals surface area contributed by atoms with Crippen molar-refractivity contribution in [1.29, 1.82) is 0 Å². The molecule has 0 fully saturated rings. The molecular formula is C21H21F2N5O4. The zero-order valence-electron chi connectivity index (χ0n) is 17.8. The van der Waals surface area contributed by atoms with Gasteiger partial charge in [-0.1, -0.05) is 6.07 Å². The third-order valence-electron chi connectivity index (χ3n) is 4.56. The molecule has 0 atom stereocenters. The number of anilines is 2. The number of halogens is 2. The van der Waals surface area contributed by atoms with E-state index in [2.05, 4.69) is 10.4 Å². The number of aromatic nitrogens is 3. The van der Waals surface area contributed by atoms with Crippen LogP contribution in [0.2, 0.25) is 0 Å². The number of hydrogen-bond acceptors (Lipinski definition) is 6. The van der Waals surface area contributed by atoms with Gasteiger partial charge >= 0.3 is 11.2 Å². The van der Waals surface area contributed by atoms with Crippen LogP contribution in [-0.4, -0.2) is 41.5 Å². The number of rotatable bonds is 6. The lowest BCUT2D eigenvalue weighted by Crippen LogP contribution is -2.41. The van der Waals surface area contributed by atoms with E-state index >= 15 is 0 Å². The predicted molar refractivity (Wildman–Crippen MR) is 115 cm³/mol. The fourth-order valence-electron chi connectivity index (χ4n) is 3.05. The van der Waals surface area contributed by atoms with E-state index in [-0.39, 0.29) is 23.8 Å². The van der Waals surface area contributed by atoms with E-state index in [1.807, 2.05) is 0 Å². The van der Waals surface area contributed by atoms with Crippen LogP contribution < -0.4 is 26.2 Å². The third-order valence-corrected chi connectivity index (χ3v) is 4.56. The fourth-order valence-corrected chi connectivity index (χ4v) is 3.05. The summed E-state index contributed by atoms with van der Waals surface area (Å²) >= 11 is 0. The molecule has 0 aliphatic heterocycles. The Bertz CT molecular complexity index is 1300. The number of nitrogens with zero attached hydrogens (tertiary/aromatic N) is 4. The van der Waals surface area contributed by atoms with Gasteiger partial charge in [-0.15, -0.1) is 5.10 Å². The minimum absolute atomic E-state index is 0.0846. The van der Waals surface area contributed by atoms with Crippen molar-refractivity contribution < 1.29 is 18.3 Å². The van der Waals surface area contributed by atoms with Crippen LogP contribution in [-0.2, 0) is 11.3 Å². The highest BCUT2D eigenvalue weighted by atomic mass is 19.1. The van der Waals surface area contributed by atoms with Gasteiger partial charge in [0, 0.05) is 21.0 Å². The van der Waals surface area contributed by atoms with E-state index in [0.717, 1.165) is 15.3 Å². The molecule has 11 heteroatoms. The maximum absolute atomic E-state index is 14.4. The van der Waals surface area contributed by atoms with Crippen LogP contribution >= 0.6 is 0 Å². The van der Waals surface area contributed by atoms with Crippen LogP contribution in [0.5, 0.6) is 5.88 Å². The van der Waals surface area contributed by atoms with E-state index in [1.165, 1.54) is 38.3 Å². The van der Waals surface area contributed by atoms with Gasteiger partial charge in [-0.05, 0) is 35.9 Å². The Morgan fingerprint density at radius 1 is 1.12 bits per heavy atom. The Morgan fingerprint density at radius 2 is 1.84 bits per heavy atom. The number of hydrogen-bond donors (Lipinski definition) is 1. The van der Waals surface area contributed by atoms with Crippen molar-refractivity contribution >= 4 is 17.3 Å². The second-order valence-electron chi connectivity index (χ2n) is 7.12. The zero-order chi connectivity index (χ0) is 23.6. The lowest BCUT2D eigenvalue weighted by Gasteiger charge is -2.15. The maximum atomic E-state index is 14.4. The molecule has 0 radical (unpaired) electrons. The molecule has 1 N–H and O–H groups in total. The summed E-state index contributed by atoms with van der Waals surface area (Å²) in [6, 6.07) is 7.86. The fraction of sp³-hybridized carbons (Fsp3) is 0.238. The molecule has 1 aromatic heterocycles. The van der Waals surface area contributed by atoms with Crippen molar-refractivity contribution in [1.82, 2.24) is 14.3 Å². The lowest BCUT2D eigenvalue weighted by atomic mass is 10.2. The second-order valence-corrected chi connectivity index (χ2v) is 7.12. The number of benzene rings is 2. The third kappa shape index (κ3) is 4.51. The van der Waals surface area contributed by atoms with Crippen LogP contribution in [0.25, 0.3) is 5.69 Å². The topological polar surface area (TPSA) is 98.5 Å². The first-order chi connectivity index (χ1) is 15.1. The van der Waals surface area contributed by atoms with Gasteiger partial charge in [-0.2, -0.15) is 4.68 Å². The van der Waals surface area contributed by atoms with E-state index in [1.54, 1.807) is 25.1 Å². The van der Waals surface area contributed by atoms with Gasteiger partial charge < -0.3 is 15.0 Å². The Hall–Kier alpha value is -4.02. The summed E-state index contributed by atoms with van der Waals surface area (Å²) in [5, 5.41) is 6.22. The largest absolute Gasteiger partial charge is 0.476 e. The Balaban J connectivity index is 2.13. The standard InChI is InChI=1S/C21H21F2N5O4/c1-12(29)24-17-10-14(6-7-15(17)22)28-21(31)27(20(30)19(25-28)32-4)11-13-5-8-18(26(2)3)16(23)9-13/h5-10H,11H2,1-4H3,(H,24,29). The summed E-state index contributed by atoms with van der Waals surface area (Å²) in [4.78, 5) is 38.7. The molecule has 3 rings (SSSR count). The van der Waals surface area contributed by atoms with Crippen molar-refractivity contribution in [3.8, 4) is 11.6 Å². The van der Waals surface area contributed by atoms with Crippen molar-refractivity contribution in [3.63, 3.8) is 0 Å². The van der Waals surface area contributed by atoms with Gasteiger partial charge in [0.25, 0.3) is 5.88 Å². The molecule has 0 aliphatic rings. The van der Waals surface area contributed by atoms with Gasteiger partial charge in [0.1, 0.15) is 11.6 Å². The second kappa shape index (κ2) is 9.00. The Kier molecular flexibility index (Phi) is 6.37. The Labute approximate surface area is 181 Å². The number of carbonyl (C=O) groups is 1. The average molecular weight is 445 g/mol. The molecule has 0 spiro atoms. The summed E-state index contributed by atoms with van der Waals surface area (Å²) in [6.07, 6.45) is 0. The first kappa shape index (κ1) is 22.7. The number of nitrogens with one attached hydrogen (secondary N) is 1. The highest BCUT2D eigenvalue weighted by molar-refractivity contribution is 5.89. The van der Waals surface area contributed by atoms with Crippen molar-refractivity contribution in [2.45, 2.75) is 13.5 Å². The number of amides is 1. The molecule has 2 aromatic carbocycles. The maximum Gasteiger partial charge on any atom is 0.352 e. The zero-order valence-corrected chi connectivity index (χ0v) is 17.8. The van der Waals surface area contributed by atoms with Gasteiger partial charge in [-0.3, -0.25) is 9.59 Å². The van der Waals surface area contributed by atoms with Crippen molar-refractivity contribution in [2.24, 2.45) is 0 Å². The quantitative estimate of drug-likeness (QED) is 0.621. The first-order valence-corrected chi connectivity index (χ1v) is 9.43. The minimum Gasteiger partial charge on any atom is -0.476 e.